The van der Waals surface area contributed by atoms with E-state index in [1.165, 1.54) is 0 Å². The van der Waals surface area contributed by atoms with E-state index in [-0.39, 0.29) is 33.0 Å². The van der Waals surface area contributed by atoms with Gasteiger partial charge in [0.25, 0.3) is 0 Å². The zero-order valence-electron chi connectivity index (χ0n) is 33.8. The van der Waals surface area contributed by atoms with Crippen molar-refractivity contribution in [3.8, 4) is 0 Å². The van der Waals surface area contributed by atoms with Crippen LogP contribution in [-0.2, 0) is 88.2 Å². The molecule has 2 aliphatic heterocycles. The van der Waals surface area contributed by atoms with Crippen LogP contribution in [0.2, 0.25) is 0 Å². The number of aliphatic hydroxyl groups is 1. The zero-order valence-corrected chi connectivity index (χ0v) is 33.8. The molecular weight excluding hydrogens is 776 g/mol. The van der Waals surface area contributed by atoms with Gasteiger partial charge in [0.1, 0.15) is 30.5 Å². The number of aliphatic hydroxyl groups excluding tert-OH is 1. The molecule has 4 aromatic carbocycles. The summed E-state index contributed by atoms with van der Waals surface area (Å²) in [5.41, 5.74) is 3.68. The summed E-state index contributed by atoms with van der Waals surface area (Å²) in [5.74, 6) is -2.30. The molecule has 2 fully saturated rings. The Hall–Kier alpha value is -5.03. The summed E-state index contributed by atoms with van der Waals surface area (Å²) in [6.07, 6.45) is -11.8. The fraction of sp³-hybridized carbons (Fsp3) is 0.413. The fourth-order valence-electron chi connectivity index (χ4n) is 7.08. The normalized spacial score (nSPS) is 26.5. The summed E-state index contributed by atoms with van der Waals surface area (Å²) in [5, 5.41) is 11.1. The first kappa shape index (κ1) is 44.5. The van der Waals surface area contributed by atoms with E-state index in [4.69, 9.17) is 47.4 Å². The lowest BCUT2D eigenvalue weighted by Gasteiger charge is -2.47. The largest absolute Gasteiger partial charge is 0.456 e. The van der Waals surface area contributed by atoms with Crippen molar-refractivity contribution < 1.29 is 66.9 Å². The molecule has 2 heterocycles. The molecule has 14 heteroatoms. The van der Waals surface area contributed by atoms with Gasteiger partial charge in [-0.25, -0.2) is 0 Å². The minimum absolute atomic E-state index is 0.0676. The lowest BCUT2D eigenvalue weighted by Crippen LogP contribution is -2.64. The number of benzene rings is 4. The molecule has 0 bridgehead atoms. The molecule has 0 amide bonds. The predicted octanol–water partition coefficient (Wildman–Crippen LogP) is 5.21. The highest BCUT2D eigenvalue weighted by molar-refractivity contribution is 5.68. The van der Waals surface area contributed by atoms with Crippen molar-refractivity contribution >= 4 is 17.9 Å². The molecule has 0 saturated carbocycles. The first-order chi connectivity index (χ1) is 29.1. The van der Waals surface area contributed by atoms with Crippen molar-refractivity contribution in [2.75, 3.05) is 13.2 Å². The molecule has 6 rings (SSSR count). The Morgan fingerprint density at radius 3 is 1.33 bits per heavy atom. The second-order valence-electron chi connectivity index (χ2n) is 14.4. The fourth-order valence-corrected chi connectivity index (χ4v) is 7.08. The van der Waals surface area contributed by atoms with Crippen molar-refractivity contribution in [2.45, 2.75) is 109 Å². The topological polar surface area (TPSA) is 164 Å². The monoisotopic (exact) mass is 828 g/mol. The third-order valence-corrected chi connectivity index (χ3v) is 9.78. The molecule has 4 aromatic rings. The molecule has 320 valence electrons. The maximum absolute atomic E-state index is 12.4. The molecule has 1 unspecified atom stereocenters. The van der Waals surface area contributed by atoms with Gasteiger partial charge in [-0.1, -0.05) is 121 Å². The summed E-state index contributed by atoms with van der Waals surface area (Å²) in [7, 11) is 0. The molecule has 0 radical (unpaired) electrons. The Kier molecular flexibility index (Phi) is 16.7. The summed E-state index contributed by atoms with van der Waals surface area (Å²) in [4.78, 5) is 36.7. The van der Waals surface area contributed by atoms with Crippen molar-refractivity contribution in [2.24, 2.45) is 0 Å². The highest BCUT2D eigenvalue weighted by Crippen LogP contribution is 2.34. The lowest BCUT2D eigenvalue weighted by atomic mass is 9.97. The number of hydrogen-bond acceptors (Lipinski definition) is 14. The van der Waals surface area contributed by atoms with E-state index in [1.54, 1.807) is 0 Å². The van der Waals surface area contributed by atoms with Gasteiger partial charge in [-0.3, -0.25) is 14.4 Å². The van der Waals surface area contributed by atoms with Crippen molar-refractivity contribution in [3.63, 3.8) is 0 Å². The summed E-state index contributed by atoms with van der Waals surface area (Å²) < 4.78 is 61.9. The quantitative estimate of drug-likeness (QED) is 0.0968. The number of carbonyl (C=O) groups excluding carboxylic acids is 3. The first-order valence-corrected chi connectivity index (χ1v) is 19.8. The number of rotatable bonds is 19. The van der Waals surface area contributed by atoms with Crippen LogP contribution in [0.15, 0.2) is 121 Å². The third-order valence-electron chi connectivity index (χ3n) is 9.78. The number of carbonyl (C=O) groups is 3. The molecule has 60 heavy (non-hydrogen) atoms. The van der Waals surface area contributed by atoms with Crippen LogP contribution in [0, 0.1) is 0 Å². The molecular formula is C46H52O14. The second kappa shape index (κ2) is 22.5. The maximum Gasteiger partial charge on any atom is 0.303 e. The van der Waals surface area contributed by atoms with E-state index in [9.17, 15) is 19.5 Å². The number of hydrogen-bond donors (Lipinski definition) is 1. The Balaban J connectivity index is 1.34. The van der Waals surface area contributed by atoms with Crippen molar-refractivity contribution in [3.05, 3.63) is 144 Å². The molecule has 2 aliphatic rings. The van der Waals surface area contributed by atoms with Crippen LogP contribution in [-0.4, -0.2) is 97.6 Å². The van der Waals surface area contributed by atoms with Gasteiger partial charge in [-0.15, -0.1) is 0 Å². The maximum atomic E-state index is 12.4. The van der Waals surface area contributed by atoms with E-state index in [0.29, 0.717) is 6.61 Å². The van der Waals surface area contributed by atoms with Crippen LogP contribution >= 0.6 is 0 Å². The van der Waals surface area contributed by atoms with Crippen LogP contribution in [0.5, 0.6) is 0 Å². The van der Waals surface area contributed by atoms with Crippen LogP contribution in [0.25, 0.3) is 0 Å². The van der Waals surface area contributed by atoms with E-state index in [0.717, 1.165) is 43.0 Å². The number of ether oxygens (including phenoxy) is 10. The molecule has 14 nitrogen and oxygen atoms in total. The molecule has 1 N–H and O–H groups in total. The standard InChI is InChI=1S/C46H52O14/c1-30(47)56-40-38(59-45(50)43(58-32(3)49)42(40)57-31(2)48)29-55-46-44(54-27-36-22-14-7-15-23-36)41(53-26-35-20-12-6-13-21-35)39(52-25-34-18-10-5-11-19-34)37(60-46)28-51-24-33-16-8-4-9-17-33/h4-23,37-46,50H,24-29H2,1-3H3/t37-,38-,39+,40+,41+,42+,43-,44-,45?,46+/m1/s1. The molecule has 0 aliphatic carbocycles. The minimum atomic E-state index is -1.78. The third kappa shape index (κ3) is 13.0. The van der Waals surface area contributed by atoms with Gasteiger partial charge in [-0.2, -0.15) is 0 Å². The predicted molar refractivity (Wildman–Crippen MR) is 213 cm³/mol. The zero-order chi connectivity index (χ0) is 42.3. The SMILES string of the molecule is CC(=O)O[C@@H]1[C@H](OC(C)=O)[C@@H](OC(C)=O)C(O)O[C@@H]1CO[C@H]1O[C@H](COCc2ccccc2)[C@H](OCc2ccccc2)[C@H](OCc2ccccc2)[C@H]1OCc1ccccc1. The Labute approximate surface area is 349 Å². The van der Waals surface area contributed by atoms with Gasteiger partial charge in [0, 0.05) is 20.8 Å². The Morgan fingerprint density at radius 2 is 0.850 bits per heavy atom. The first-order valence-electron chi connectivity index (χ1n) is 19.8. The smallest absolute Gasteiger partial charge is 0.303 e. The van der Waals surface area contributed by atoms with Gasteiger partial charge < -0.3 is 52.5 Å². The highest BCUT2D eigenvalue weighted by atomic mass is 16.7. The Bertz CT molecular complexity index is 1900. The van der Waals surface area contributed by atoms with Crippen LogP contribution in [0.1, 0.15) is 43.0 Å². The van der Waals surface area contributed by atoms with Gasteiger partial charge in [-0.05, 0) is 22.3 Å². The van der Waals surface area contributed by atoms with Crippen LogP contribution in [0.4, 0.5) is 0 Å². The van der Waals surface area contributed by atoms with E-state index in [2.05, 4.69) is 0 Å². The summed E-state index contributed by atoms with van der Waals surface area (Å²) in [6.45, 7) is 3.97. The van der Waals surface area contributed by atoms with Gasteiger partial charge >= 0.3 is 17.9 Å². The van der Waals surface area contributed by atoms with Crippen LogP contribution < -0.4 is 0 Å². The summed E-state index contributed by atoms with van der Waals surface area (Å²) >= 11 is 0. The van der Waals surface area contributed by atoms with Crippen LogP contribution in [0.3, 0.4) is 0 Å². The lowest BCUT2D eigenvalue weighted by molar-refractivity contribution is -0.343. The van der Waals surface area contributed by atoms with E-state index < -0.39 is 79.3 Å². The van der Waals surface area contributed by atoms with Gasteiger partial charge in [0.15, 0.2) is 30.9 Å². The molecule has 2 saturated heterocycles. The van der Waals surface area contributed by atoms with Gasteiger partial charge in [0.05, 0.1) is 39.6 Å². The van der Waals surface area contributed by atoms with Crippen molar-refractivity contribution in [1.29, 1.82) is 0 Å². The van der Waals surface area contributed by atoms with E-state index in [1.807, 2.05) is 121 Å². The average molecular weight is 829 g/mol. The number of esters is 3. The molecule has 0 spiro atoms. The summed E-state index contributed by atoms with van der Waals surface area (Å²) in [6, 6.07) is 38.7. The molecule has 0 aromatic heterocycles. The minimum Gasteiger partial charge on any atom is -0.456 e. The second-order valence-corrected chi connectivity index (χ2v) is 14.4. The molecule has 10 atom stereocenters. The van der Waals surface area contributed by atoms with Crippen molar-refractivity contribution in [1.82, 2.24) is 0 Å². The Morgan fingerprint density at radius 1 is 0.450 bits per heavy atom. The average Bonchev–Trinajstić information content (AvgIpc) is 3.24. The van der Waals surface area contributed by atoms with E-state index >= 15 is 0 Å². The highest BCUT2D eigenvalue weighted by Gasteiger charge is 2.53. The van der Waals surface area contributed by atoms with Gasteiger partial charge in [0.2, 0.25) is 0 Å².